The summed E-state index contributed by atoms with van der Waals surface area (Å²) >= 11 is 5.90. The van der Waals surface area contributed by atoms with Gasteiger partial charge in [0.15, 0.2) is 5.96 Å². The number of aromatic nitrogens is 3. The summed E-state index contributed by atoms with van der Waals surface area (Å²) in [5.74, 6) is 3.18. The summed E-state index contributed by atoms with van der Waals surface area (Å²) in [5.41, 5.74) is 1.75. The molecule has 0 saturated heterocycles. The molecule has 10 heteroatoms. The number of oxazole rings is 1. The fourth-order valence-electron chi connectivity index (χ4n) is 2.46. The van der Waals surface area contributed by atoms with Gasteiger partial charge in [0.05, 0.1) is 5.69 Å². The number of aryl methyl sites for hydroxylation is 2. The zero-order valence-electron chi connectivity index (χ0n) is 16.5. The molecule has 0 aliphatic rings. The van der Waals surface area contributed by atoms with Crippen molar-refractivity contribution in [3.8, 4) is 11.4 Å². The van der Waals surface area contributed by atoms with E-state index in [1.165, 1.54) is 0 Å². The van der Waals surface area contributed by atoms with E-state index in [1.807, 2.05) is 32.9 Å². The molecule has 1 aromatic carbocycles. The van der Waals surface area contributed by atoms with Crippen molar-refractivity contribution in [2.45, 2.75) is 33.7 Å². The van der Waals surface area contributed by atoms with Gasteiger partial charge in [-0.2, -0.15) is 4.98 Å². The van der Waals surface area contributed by atoms with Crippen molar-refractivity contribution in [2.24, 2.45) is 4.99 Å². The molecule has 2 heterocycles. The van der Waals surface area contributed by atoms with Crippen LogP contribution in [0.4, 0.5) is 0 Å². The molecule has 0 spiro atoms. The van der Waals surface area contributed by atoms with Crippen molar-refractivity contribution in [2.75, 3.05) is 13.1 Å². The number of nitrogens with one attached hydrogen (secondary N) is 2. The molecule has 2 aromatic heterocycles. The van der Waals surface area contributed by atoms with Crippen molar-refractivity contribution in [3.05, 3.63) is 52.5 Å². The average molecular weight is 531 g/mol. The molecule has 29 heavy (non-hydrogen) atoms. The highest BCUT2D eigenvalue weighted by Crippen LogP contribution is 2.18. The highest BCUT2D eigenvalue weighted by atomic mass is 127. The number of nitrogens with zero attached hydrogens (tertiary/aromatic N) is 4. The van der Waals surface area contributed by atoms with Crippen LogP contribution >= 0.6 is 35.6 Å². The Balaban J connectivity index is 0.00000300. The average Bonchev–Trinajstić information content (AvgIpc) is 3.27. The van der Waals surface area contributed by atoms with Crippen LogP contribution in [0.25, 0.3) is 11.4 Å². The van der Waals surface area contributed by atoms with Gasteiger partial charge in [-0.15, -0.1) is 24.0 Å². The number of benzene rings is 1. The summed E-state index contributed by atoms with van der Waals surface area (Å²) in [6, 6.07) is 7.31. The lowest BCUT2D eigenvalue weighted by Gasteiger charge is -2.09. The Morgan fingerprint density at radius 1 is 1.10 bits per heavy atom. The van der Waals surface area contributed by atoms with Crippen LogP contribution in [0.15, 0.2) is 38.2 Å². The molecule has 0 unspecified atom stereocenters. The molecule has 0 radical (unpaired) electrons. The molecule has 0 aliphatic heterocycles. The third-order valence-corrected chi connectivity index (χ3v) is 4.24. The van der Waals surface area contributed by atoms with Crippen molar-refractivity contribution in [3.63, 3.8) is 0 Å². The first-order valence-corrected chi connectivity index (χ1v) is 9.46. The minimum Gasteiger partial charge on any atom is -0.444 e. The van der Waals surface area contributed by atoms with Gasteiger partial charge in [-0.05, 0) is 45.0 Å². The van der Waals surface area contributed by atoms with Crippen LogP contribution < -0.4 is 10.6 Å². The van der Waals surface area contributed by atoms with E-state index < -0.39 is 0 Å². The van der Waals surface area contributed by atoms with Crippen LogP contribution in [-0.4, -0.2) is 34.2 Å². The highest BCUT2D eigenvalue weighted by Gasteiger charge is 2.09. The molecule has 8 nitrogen and oxygen atoms in total. The molecule has 0 atom stereocenters. The standard InChI is InChI=1S/C19H23ClN6O2.HI/c1-4-21-19(23-11-17-24-12(2)13(3)27-17)22-10-9-16-25-18(26-28-16)14-5-7-15(20)8-6-14;/h5-8H,4,9-11H2,1-3H3,(H2,21,22,23);1H. The lowest BCUT2D eigenvalue weighted by molar-refractivity contribution is 0.378. The Kier molecular flexibility index (Phi) is 8.90. The van der Waals surface area contributed by atoms with Crippen molar-refractivity contribution in [1.82, 2.24) is 25.8 Å². The van der Waals surface area contributed by atoms with Gasteiger partial charge in [-0.1, -0.05) is 16.8 Å². The SMILES string of the molecule is CCNC(=NCc1nc(C)c(C)o1)NCCc1nc(-c2ccc(Cl)cc2)no1.I. The molecular formula is C19H24ClIN6O2. The largest absolute Gasteiger partial charge is 0.444 e. The molecular weight excluding hydrogens is 507 g/mol. The fraction of sp³-hybridized carbons (Fsp3) is 0.368. The first-order valence-electron chi connectivity index (χ1n) is 9.08. The fourth-order valence-corrected chi connectivity index (χ4v) is 2.58. The maximum atomic E-state index is 5.90. The van der Waals surface area contributed by atoms with E-state index in [9.17, 15) is 0 Å². The first kappa shape index (κ1) is 23.1. The van der Waals surface area contributed by atoms with Crippen LogP contribution in [0.3, 0.4) is 0 Å². The van der Waals surface area contributed by atoms with Crippen LogP contribution in [0.2, 0.25) is 5.02 Å². The summed E-state index contributed by atoms with van der Waals surface area (Å²) in [5, 5.41) is 11.1. The van der Waals surface area contributed by atoms with E-state index in [0.29, 0.717) is 48.1 Å². The Labute approximate surface area is 191 Å². The van der Waals surface area contributed by atoms with Gasteiger partial charge >= 0.3 is 0 Å². The Morgan fingerprint density at radius 3 is 2.52 bits per heavy atom. The zero-order valence-corrected chi connectivity index (χ0v) is 19.6. The lowest BCUT2D eigenvalue weighted by Crippen LogP contribution is -2.38. The smallest absolute Gasteiger partial charge is 0.228 e. The number of guanidine groups is 1. The topological polar surface area (TPSA) is 101 Å². The summed E-state index contributed by atoms with van der Waals surface area (Å²) < 4.78 is 10.9. The van der Waals surface area contributed by atoms with Gasteiger partial charge in [-0.25, -0.2) is 9.98 Å². The summed E-state index contributed by atoms with van der Waals surface area (Å²) in [4.78, 5) is 13.2. The summed E-state index contributed by atoms with van der Waals surface area (Å²) in [6.45, 7) is 7.52. The van der Waals surface area contributed by atoms with Crippen molar-refractivity contribution < 1.29 is 8.94 Å². The molecule has 0 fully saturated rings. The molecule has 0 aliphatic carbocycles. The molecule has 3 rings (SSSR count). The quantitative estimate of drug-likeness (QED) is 0.271. The van der Waals surface area contributed by atoms with Crippen molar-refractivity contribution >= 4 is 41.5 Å². The maximum Gasteiger partial charge on any atom is 0.228 e. The molecule has 0 amide bonds. The van der Waals surface area contributed by atoms with Gasteiger partial charge in [0.25, 0.3) is 0 Å². The van der Waals surface area contributed by atoms with Gasteiger partial charge in [0.2, 0.25) is 17.6 Å². The second-order valence-electron chi connectivity index (χ2n) is 6.14. The monoisotopic (exact) mass is 530 g/mol. The predicted octanol–water partition coefficient (Wildman–Crippen LogP) is 3.91. The first-order chi connectivity index (χ1) is 13.5. The predicted molar refractivity (Wildman–Crippen MR) is 123 cm³/mol. The summed E-state index contributed by atoms with van der Waals surface area (Å²) in [7, 11) is 0. The highest BCUT2D eigenvalue weighted by molar-refractivity contribution is 14.0. The van der Waals surface area contributed by atoms with Crippen LogP contribution in [0, 0.1) is 13.8 Å². The van der Waals surface area contributed by atoms with Crippen LogP contribution in [-0.2, 0) is 13.0 Å². The summed E-state index contributed by atoms with van der Waals surface area (Å²) in [6.07, 6.45) is 0.572. The Bertz CT molecular complexity index is 919. The van der Waals surface area contributed by atoms with Gasteiger partial charge < -0.3 is 19.6 Å². The van der Waals surface area contributed by atoms with E-state index >= 15 is 0 Å². The van der Waals surface area contributed by atoms with Crippen LogP contribution in [0.5, 0.6) is 0 Å². The second-order valence-corrected chi connectivity index (χ2v) is 6.58. The molecule has 0 saturated carbocycles. The molecule has 0 bridgehead atoms. The maximum absolute atomic E-state index is 5.90. The number of hydrogen-bond acceptors (Lipinski definition) is 6. The van der Waals surface area contributed by atoms with Gasteiger partial charge in [-0.3, -0.25) is 0 Å². The van der Waals surface area contributed by atoms with Gasteiger partial charge in [0.1, 0.15) is 12.3 Å². The van der Waals surface area contributed by atoms with Crippen molar-refractivity contribution in [1.29, 1.82) is 0 Å². The lowest BCUT2D eigenvalue weighted by atomic mass is 10.2. The normalized spacial score (nSPS) is 11.2. The number of rotatable bonds is 7. The van der Waals surface area contributed by atoms with Crippen LogP contribution in [0.1, 0.15) is 30.2 Å². The third-order valence-electron chi connectivity index (χ3n) is 3.99. The number of hydrogen-bond donors (Lipinski definition) is 2. The molecule has 3 aromatic rings. The van der Waals surface area contributed by atoms with Gasteiger partial charge in [0, 0.05) is 30.1 Å². The second kappa shape index (κ2) is 11.1. The number of aliphatic imine (C=N–C) groups is 1. The van der Waals surface area contributed by atoms with E-state index in [-0.39, 0.29) is 24.0 Å². The van der Waals surface area contributed by atoms with E-state index in [0.717, 1.165) is 23.6 Å². The number of halogens is 2. The Hall–Kier alpha value is -2.14. The third kappa shape index (κ3) is 6.70. The molecule has 2 N–H and O–H groups in total. The zero-order chi connectivity index (χ0) is 19.9. The van der Waals surface area contributed by atoms with E-state index in [1.54, 1.807) is 12.1 Å². The molecule has 156 valence electrons. The minimum absolute atomic E-state index is 0. The van der Waals surface area contributed by atoms with E-state index in [4.69, 9.17) is 20.5 Å². The van der Waals surface area contributed by atoms with E-state index in [2.05, 4.69) is 30.8 Å². The Morgan fingerprint density at radius 2 is 1.86 bits per heavy atom. The minimum atomic E-state index is 0.